The predicted octanol–water partition coefficient (Wildman–Crippen LogP) is 1.21. The molecule has 1 aliphatic heterocycles. The average molecular weight is 239 g/mol. The maximum Gasteiger partial charge on any atom is 0.244 e. The molecule has 1 heterocycles. The van der Waals surface area contributed by atoms with Crippen molar-refractivity contribution in [3.8, 4) is 0 Å². The number of benzene rings is 1. The molecule has 0 aromatic heterocycles. The summed E-state index contributed by atoms with van der Waals surface area (Å²) in [5.41, 5.74) is 1.68. The lowest BCUT2D eigenvalue weighted by molar-refractivity contribution is -0.132. The molecule has 0 saturated carbocycles. The molecule has 1 N–H and O–H groups in total. The predicted molar refractivity (Wildman–Crippen MR) is 61.2 cm³/mol. The van der Waals surface area contributed by atoms with Gasteiger partial charge in [0, 0.05) is 12.2 Å². The molecule has 5 heteroatoms. The highest BCUT2D eigenvalue weighted by molar-refractivity contribution is 6.27. The molecule has 4 nitrogen and oxygen atoms in total. The first kappa shape index (κ1) is 11.0. The maximum absolute atomic E-state index is 11.5. The Balaban J connectivity index is 2.30. The average Bonchev–Trinajstić information content (AvgIpc) is 2.45. The number of rotatable bonds is 1. The molecule has 0 radical (unpaired) electrons. The van der Waals surface area contributed by atoms with Crippen LogP contribution in [0.25, 0.3) is 0 Å². The third-order valence-corrected chi connectivity index (χ3v) is 2.68. The van der Waals surface area contributed by atoms with Crippen LogP contribution in [0.15, 0.2) is 24.3 Å². The highest BCUT2D eigenvalue weighted by Gasteiger charge is 2.21. The summed E-state index contributed by atoms with van der Waals surface area (Å²) in [6.07, 6.45) is 0. The fourth-order valence-electron chi connectivity index (χ4n) is 1.67. The molecule has 0 saturated heterocycles. The number of alkyl halides is 1. The lowest BCUT2D eigenvalue weighted by Gasteiger charge is -2.17. The normalized spacial score (nSPS) is 15.1. The van der Waals surface area contributed by atoms with Crippen molar-refractivity contribution in [2.75, 3.05) is 17.7 Å². The molecule has 1 aromatic carbocycles. The first-order chi connectivity index (χ1) is 7.70. The highest BCUT2D eigenvalue weighted by atomic mass is 35.5. The van der Waals surface area contributed by atoms with Crippen LogP contribution in [0.3, 0.4) is 0 Å². The molecular formula is C11H11ClN2O2. The summed E-state index contributed by atoms with van der Waals surface area (Å²) >= 11 is 5.49. The minimum atomic E-state index is -0.228. The molecule has 0 spiro atoms. The number of halogens is 1. The van der Waals surface area contributed by atoms with Gasteiger partial charge in [0.25, 0.3) is 0 Å². The number of para-hydroxylation sites is 1. The van der Waals surface area contributed by atoms with E-state index >= 15 is 0 Å². The number of amides is 2. The first-order valence-electron chi connectivity index (χ1n) is 4.92. The van der Waals surface area contributed by atoms with Crippen molar-refractivity contribution in [2.45, 2.75) is 6.54 Å². The van der Waals surface area contributed by atoms with Crippen molar-refractivity contribution in [3.05, 3.63) is 29.8 Å². The third kappa shape index (κ3) is 2.17. The van der Waals surface area contributed by atoms with Crippen LogP contribution in [0.2, 0.25) is 0 Å². The summed E-state index contributed by atoms with van der Waals surface area (Å²) in [6.45, 7) is 0.473. The Morgan fingerprint density at radius 2 is 2.12 bits per heavy atom. The number of carbonyl (C=O) groups excluding carboxylic acids is 2. The van der Waals surface area contributed by atoms with Gasteiger partial charge < -0.3 is 10.2 Å². The molecular weight excluding hydrogens is 228 g/mol. The van der Waals surface area contributed by atoms with E-state index in [1.807, 2.05) is 24.3 Å². The lowest BCUT2D eigenvalue weighted by Crippen LogP contribution is -2.35. The Labute approximate surface area is 98.2 Å². The molecule has 2 amide bonds. The van der Waals surface area contributed by atoms with Crippen LogP contribution in [-0.2, 0) is 16.1 Å². The molecule has 0 atom stereocenters. The summed E-state index contributed by atoms with van der Waals surface area (Å²) in [6, 6.07) is 7.43. The van der Waals surface area contributed by atoms with Gasteiger partial charge in [-0.15, -0.1) is 11.6 Å². The van der Waals surface area contributed by atoms with E-state index in [1.165, 1.54) is 4.90 Å². The van der Waals surface area contributed by atoms with Gasteiger partial charge in [0.15, 0.2) is 0 Å². The third-order valence-electron chi connectivity index (χ3n) is 2.45. The number of anilines is 1. The second-order valence-corrected chi connectivity index (χ2v) is 3.86. The Morgan fingerprint density at radius 3 is 2.88 bits per heavy atom. The summed E-state index contributed by atoms with van der Waals surface area (Å²) in [5.74, 6) is -0.521. The highest BCUT2D eigenvalue weighted by Crippen LogP contribution is 2.20. The van der Waals surface area contributed by atoms with Crippen molar-refractivity contribution in [2.24, 2.45) is 0 Å². The summed E-state index contributed by atoms with van der Waals surface area (Å²) in [7, 11) is 0. The van der Waals surface area contributed by atoms with Gasteiger partial charge in [-0.2, -0.15) is 0 Å². The Morgan fingerprint density at radius 1 is 1.38 bits per heavy atom. The number of nitrogens with one attached hydrogen (secondary N) is 1. The SMILES string of the molecule is O=C1CN(C(=O)CCl)Cc2ccccc2N1. The molecule has 0 fully saturated rings. The number of fused-ring (bicyclic) bond motifs is 1. The van der Waals surface area contributed by atoms with Crippen molar-refractivity contribution < 1.29 is 9.59 Å². The lowest BCUT2D eigenvalue weighted by atomic mass is 10.2. The van der Waals surface area contributed by atoms with Crippen LogP contribution >= 0.6 is 11.6 Å². The molecule has 0 unspecified atom stereocenters. The Kier molecular flexibility index (Phi) is 3.10. The maximum atomic E-state index is 11.5. The van der Waals surface area contributed by atoms with Crippen molar-refractivity contribution in [1.29, 1.82) is 0 Å². The van der Waals surface area contributed by atoms with E-state index in [0.717, 1.165) is 11.3 Å². The molecule has 84 valence electrons. The van der Waals surface area contributed by atoms with E-state index in [4.69, 9.17) is 11.6 Å². The summed E-state index contributed by atoms with van der Waals surface area (Å²) < 4.78 is 0. The van der Waals surface area contributed by atoms with E-state index in [9.17, 15) is 9.59 Å². The fraction of sp³-hybridized carbons (Fsp3) is 0.273. The number of hydrogen-bond acceptors (Lipinski definition) is 2. The quantitative estimate of drug-likeness (QED) is 0.748. The van der Waals surface area contributed by atoms with Gasteiger partial charge in [0.2, 0.25) is 11.8 Å². The van der Waals surface area contributed by atoms with Gasteiger partial charge in [-0.3, -0.25) is 9.59 Å². The molecule has 0 bridgehead atoms. The molecule has 2 rings (SSSR count). The zero-order valence-electron chi connectivity index (χ0n) is 8.57. The molecule has 1 aromatic rings. The van der Waals surface area contributed by atoms with Gasteiger partial charge >= 0.3 is 0 Å². The Hall–Kier alpha value is -1.55. The van der Waals surface area contributed by atoms with Gasteiger partial charge in [-0.1, -0.05) is 18.2 Å². The summed E-state index contributed by atoms with van der Waals surface area (Å²) in [4.78, 5) is 24.5. The van der Waals surface area contributed by atoms with Gasteiger partial charge in [0.1, 0.15) is 12.4 Å². The van der Waals surface area contributed by atoms with Crippen LogP contribution in [0.1, 0.15) is 5.56 Å². The fourth-order valence-corrected chi connectivity index (χ4v) is 1.83. The van der Waals surface area contributed by atoms with Crippen LogP contribution in [-0.4, -0.2) is 29.1 Å². The van der Waals surface area contributed by atoms with Crippen LogP contribution in [0, 0.1) is 0 Å². The largest absolute Gasteiger partial charge is 0.328 e. The second-order valence-electron chi connectivity index (χ2n) is 3.59. The van der Waals surface area contributed by atoms with Crippen molar-refractivity contribution >= 4 is 29.1 Å². The number of hydrogen-bond donors (Lipinski definition) is 1. The van der Waals surface area contributed by atoms with Crippen molar-refractivity contribution in [3.63, 3.8) is 0 Å². The van der Waals surface area contributed by atoms with E-state index in [1.54, 1.807) is 0 Å². The standard InChI is InChI=1S/C11H11ClN2O2/c12-5-11(16)14-6-8-3-1-2-4-9(8)13-10(15)7-14/h1-4H,5-7H2,(H,13,15). The topological polar surface area (TPSA) is 49.4 Å². The second kappa shape index (κ2) is 4.53. The molecule has 0 aliphatic carbocycles. The summed E-state index contributed by atoms with van der Waals surface area (Å²) in [5, 5.41) is 2.76. The minimum absolute atomic E-state index is 0.0558. The van der Waals surface area contributed by atoms with E-state index in [2.05, 4.69) is 5.32 Å². The van der Waals surface area contributed by atoms with Crippen LogP contribution in [0.4, 0.5) is 5.69 Å². The number of nitrogens with zero attached hydrogens (tertiary/aromatic N) is 1. The zero-order chi connectivity index (χ0) is 11.5. The van der Waals surface area contributed by atoms with Gasteiger partial charge in [-0.05, 0) is 11.6 Å². The van der Waals surface area contributed by atoms with Crippen LogP contribution < -0.4 is 5.32 Å². The molecule has 1 aliphatic rings. The van der Waals surface area contributed by atoms with E-state index in [0.29, 0.717) is 6.54 Å². The smallest absolute Gasteiger partial charge is 0.244 e. The van der Waals surface area contributed by atoms with E-state index < -0.39 is 0 Å². The first-order valence-corrected chi connectivity index (χ1v) is 5.45. The molecule has 16 heavy (non-hydrogen) atoms. The van der Waals surface area contributed by atoms with E-state index in [-0.39, 0.29) is 24.2 Å². The van der Waals surface area contributed by atoms with Crippen LogP contribution in [0.5, 0.6) is 0 Å². The zero-order valence-corrected chi connectivity index (χ0v) is 9.33. The number of carbonyl (C=O) groups is 2. The van der Waals surface area contributed by atoms with Gasteiger partial charge in [0.05, 0.1) is 0 Å². The monoisotopic (exact) mass is 238 g/mol. The Bertz CT molecular complexity index is 434. The minimum Gasteiger partial charge on any atom is -0.328 e. The van der Waals surface area contributed by atoms with Gasteiger partial charge in [-0.25, -0.2) is 0 Å². The van der Waals surface area contributed by atoms with Crippen molar-refractivity contribution in [1.82, 2.24) is 4.90 Å².